The van der Waals surface area contributed by atoms with Crippen molar-refractivity contribution < 1.29 is 13.2 Å². The molecule has 22 heavy (non-hydrogen) atoms. The van der Waals surface area contributed by atoms with Crippen LogP contribution in [0.1, 0.15) is 5.56 Å². The maximum Gasteiger partial charge on any atom is 0.218 e. The Morgan fingerprint density at radius 3 is 2.82 bits per heavy atom. The van der Waals surface area contributed by atoms with E-state index in [2.05, 4.69) is 4.90 Å². The van der Waals surface area contributed by atoms with E-state index in [1.54, 1.807) is 22.5 Å². The van der Waals surface area contributed by atoms with Crippen molar-refractivity contribution in [3.8, 4) is 0 Å². The molecular formula is C14H18Cl2N2O3S. The van der Waals surface area contributed by atoms with Crippen molar-refractivity contribution in [2.24, 2.45) is 0 Å². The third-order valence-electron chi connectivity index (χ3n) is 4.15. The summed E-state index contributed by atoms with van der Waals surface area (Å²) in [5.41, 5.74) is 0.577. The Morgan fingerprint density at radius 2 is 2.05 bits per heavy atom. The zero-order valence-corrected chi connectivity index (χ0v) is 14.4. The number of sulfonamides is 1. The second-order valence-electron chi connectivity index (χ2n) is 5.61. The molecule has 2 saturated heterocycles. The molecular weight excluding hydrogens is 347 g/mol. The number of halogens is 2. The second kappa shape index (κ2) is 6.63. The molecule has 2 aliphatic rings. The van der Waals surface area contributed by atoms with Gasteiger partial charge >= 0.3 is 0 Å². The lowest BCUT2D eigenvalue weighted by molar-refractivity contribution is -0.0305. The van der Waals surface area contributed by atoms with Gasteiger partial charge in [0.25, 0.3) is 0 Å². The summed E-state index contributed by atoms with van der Waals surface area (Å²) in [6.07, 6.45) is 0. The molecule has 0 bridgehead atoms. The van der Waals surface area contributed by atoms with Crippen molar-refractivity contribution >= 4 is 33.2 Å². The number of benzene rings is 1. The van der Waals surface area contributed by atoms with E-state index < -0.39 is 10.0 Å². The third-order valence-corrected chi connectivity index (χ3v) is 6.53. The van der Waals surface area contributed by atoms with Gasteiger partial charge in [-0.25, -0.2) is 8.42 Å². The second-order valence-corrected chi connectivity index (χ2v) is 8.43. The molecule has 8 heteroatoms. The minimum absolute atomic E-state index is 0.101. The van der Waals surface area contributed by atoms with E-state index in [0.29, 0.717) is 35.3 Å². The number of hydrogen-bond acceptors (Lipinski definition) is 4. The zero-order chi connectivity index (χ0) is 15.7. The normalized spacial score (nSPS) is 24.2. The maximum atomic E-state index is 12.6. The van der Waals surface area contributed by atoms with Gasteiger partial charge in [-0.05, 0) is 17.7 Å². The molecule has 0 aromatic heterocycles. The summed E-state index contributed by atoms with van der Waals surface area (Å²) in [6, 6.07) is 5.05. The highest BCUT2D eigenvalue weighted by molar-refractivity contribution is 7.88. The highest BCUT2D eigenvalue weighted by Gasteiger charge is 2.35. The fraction of sp³-hybridized carbons (Fsp3) is 0.571. The van der Waals surface area contributed by atoms with Gasteiger partial charge in [0, 0.05) is 42.3 Å². The van der Waals surface area contributed by atoms with Crippen LogP contribution in [-0.4, -0.2) is 63.1 Å². The lowest BCUT2D eigenvalue weighted by atomic mass is 10.2. The molecule has 0 radical (unpaired) electrons. The van der Waals surface area contributed by atoms with Crippen LogP contribution in [-0.2, 0) is 20.5 Å². The predicted molar refractivity (Wildman–Crippen MR) is 86.8 cm³/mol. The highest BCUT2D eigenvalue weighted by atomic mass is 35.5. The van der Waals surface area contributed by atoms with Gasteiger partial charge in [-0.1, -0.05) is 29.3 Å². The average molecular weight is 365 g/mol. The largest absolute Gasteiger partial charge is 0.378 e. The number of rotatable bonds is 3. The van der Waals surface area contributed by atoms with Gasteiger partial charge in [0.15, 0.2) is 0 Å². The van der Waals surface area contributed by atoms with Gasteiger partial charge in [0.2, 0.25) is 10.0 Å². The SMILES string of the molecule is O=S(=O)(Cc1ccc(Cl)cc1Cl)N1CCN2CCOCC2C1. The molecule has 0 amide bonds. The van der Waals surface area contributed by atoms with E-state index >= 15 is 0 Å². The van der Waals surface area contributed by atoms with Gasteiger partial charge in [0.1, 0.15) is 0 Å². The summed E-state index contributed by atoms with van der Waals surface area (Å²) >= 11 is 11.9. The van der Waals surface area contributed by atoms with Crippen LogP contribution >= 0.6 is 23.2 Å². The van der Waals surface area contributed by atoms with Crippen molar-refractivity contribution in [3.63, 3.8) is 0 Å². The van der Waals surface area contributed by atoms with Crippen LogP contribution in [0.5, 0.6) is 0 Å². The first kappa shape index (κ1) is 16.5. The molecule has 2 fully saturated rings. The molecule has 0 saturated carbocycles. The minimum atomic E-state index is -3.40. The van der Waals surface area contributed by atoms with Crippen molar-refractivity contribution in [2.75, 3.05) is 39.4 Å². The summed E-state index contributed by atoms with van der Waals surface area (Å²) in [5, 5.41) is 0.884. The Kier molecular flexibility index (Phi) is 4.97. The molecule has 1 atom stereocenters. The molecule has 1 aromatic rings. The van der Waals surface area contributed by atoms with Crippen LogP contribution in [0.15, 0.2) is 18.2 Å². The van der Waals surface area contributed by atoms with Gasteiger partial charge in [-0.15, -0.1) is 0 Å². The first-order valence-corrected chi connectivity index (χ1v) is 9.56. The molecule has 0 N–H and O–H groups in total. The Labute approximate surface area is 140 Å². The van der Waals surface area contributed by atoms with Crippen molar-refractivity contribution in [3.05, 3.63) is 33.8 Å². The number of piperazine rings is 1. The van der Waals surface area contributed by atoms with E-state index in [9.17, 15) is 8.42 Å². The predicted octanol–water partition coefficient (Wildman–Crippen LogP) is 1.84. The van der Waals surface area contributed by atoms with Crippen LogP contribution in [0.2, 0.25) is 10.0 Å². The Hall–Kier alpha value is -0.370. The minimum Gasteiger partial charge on any atom is -0.378 e. The molecule has 2 aliphatic heterocycles. The summed E-state index contributed by atoms with van der Waals surface area (Å²) in [4.78, 5) is 2.30. The van der Waals surface area contributed by atoms with Gasteiger partial charge in [-0.3, -0.25) is 4.90 Å². The molecule has 5 nitrogen and oxygen atoms in total. The topological polar surface area (TPSA) is 49.9 Å². The molecule has 0 aliphatic carbocycles. The number of hydrogen-bond donors (Lipinski definition) is 0. The van der Waals surface area contributed by atoms with Crippen LogP contribution in [0.4, 0.5) is 0 Å². The summed E-state index contributed by atoms with van der Waals surface area (Å²) in [5.74, 6) is -0.101. The fourth-order valence-corrected chi connectivity index (χ4v) is 5.04. The molecule has 1 unspecified atom stereocenters. The summed E-state index contributed by atoms with van der Waals surface area (Å²) in [6.45, 7) is 3.94. The highest BCUT2D eigenvalue weighted by Crippen LogP contribution is 2.25. The Bertz CT molecular complexity index is 653. The Balaban J connectivity index is 1.72. The van der Waals surface area contributed by atoms with E-state index in [-0.39, 0.29) is 11.8 Å². The van der Waals surface area contributed by atoms with E-state index in [0.717, 1.165) is 19.7 Å². The van der Waals surface area contributed by atoms with E-state index in [4.69, 9.17) is 27.9 Å². The molecule has 122 valence electrons. The van der Waals surface area contributed by atoms with Crippen molar-refractivity contribution in [1.82, 2.24) is 9.21 Å². The molecule has 3 rings (SSSR count). The van der Waals surface area contributed by atoms with Crippen molar-refractivity contribution in [1.29, 1.82) is 0 Å². The number of morpholine rings is 1. The Morgan fingerprint density at radius 1 is 1.23 bits per heavy atom. The number of fused-ring (bicyclic) bond motifs is 1. The van der Waals surface area contributed by atoms with Gasteiger partial charge in [0.05, 0.1) is 19.0 Å². The first-order chi connectivity index (χ1) is 10.5. The van der Waals surface area contributed by atoms with Crippen LogP contribution < -0.4 is 0 Å². The lowest BCUT2D eigenvalue weighted by Gasteiger charge is -2.43. The van der Waals surface area contributed by atoms with Gasteiger partial charge in [-0.2, -0.15) is 4.31 Å². The maximum absolute atomic E-state index is 12.6. The summed E-state index contributed by atoms with van der Waals surface area (Å²) in [7, 11) is -3.40. The zero-order valence-electron chi connectivity index (χ0n) is 12.0. The lowest BCUT2D eigenvalue weighted by Crippen LogP contribution is -2.59. The van der Waals surface area contributed by atoms with E-state index in [1.165, 1.54) is 0 Å². The fourth-order valence-electron chi connectivity index (χ4n) is 2.90. The average Bonchev–Trinajstić information content (AvgIpc) is 2.49. The number of nitrogens with zero attached hydrogens (tertiary/aromatic N) is 2. The third kappa shape index (κ3) is 3.58. The quantitative estimate of drug-likeness (QED) is 0.820. The molecule has 0 spiro atoms. The van der Waals surface area contributed by atoms with Crippen LogP contribution in [0.25, 0.3) is 0 Å². The van der Waals surface area contributed by atoms with Gasteiger partial charge < -0.3 is 4.74 Å². The standard InChI is InChI=1S/C14H18Cl2N2O3S/c15-12-2-1-11(14(16)7-12)10-22(19,20)18-4-3-17-5-6-21-9-13(17)8-18/h1-2,7,13H,3-6,8-10H2. The molecule has 1 aromatic carbocycles. The van der Waals surface area contributed by atoms with E-state index in [1.807, 2.05) is 0 Å². The summed E-state index contributed by atoms with van der Waals surface area (Å²) < 4.78 is 32.3. The number of ether oxygens (including phenoxy) is 1. The first-order valence-electron chi connectivity index (χ1n) is 7.19. The van der Waals surface area contributed by atoms with Crippen molar-refractivity contribution in [2.45, 2.75) is 11.8 Å². The van der Waals surface area contributed by atoms with Crippen LogP contribution in [0, 0.1) is 0 Å². The monoisotopic (exact) mass is 364 g/mol. The smallest absolute Gasteiger partial charge is 0.218 e. The van der Waals surface area contributed by atoms with Crippen LogP contribution in [0.3, 0.4) is 0 Å². The molecule has 2 heterocycles.